The molecule has 1 atom stereocenters. The van der Waals surface area contributed by atoms with E-state index in [1.807, 2.05) is 13.0 Å². The van der Waals surface area contributed by atoms with Crippen molar-refractivity contribution in [3.8, 4) is 0 Å². The summed E-state index contributed by atoms with van der Waals surface area (Å²) in [6, 6.07) is 7.22. The zero-order chi connectivity index (χ0) is 13.9. The van der Waals surface area contributed by atoms with Crippen LogP contribution in [0.1, 0.15) is 24.8 Å². The molecule has 1 aromatic carbocycles. The summed E-state index contributed by atoms with van der Waals surface area (Å²) < 4.78 is 26.8. The molecule has 1 saturated heterocycles. The molecule has 4 nitrogen and oxygen atoms in total. The lowest BCUT2D eigenvalue weighted by molar-refractivity contribution is 0.341. The molecule has 0 spiro atoms. The van der Waals surface area contributed by atoms with Crippen molar-refractivity contribution in [1.82, 2.24) is 9.62 Å². The molecule has 0 radical (unpaired) electrons. The number of aryl methyl sites for hydroxylation is 1. The highest BCUT2D eigenvalue weighted by atomic mass is 32.2. The molecule has 1 N–H and O–H groups in total. The van der Waals surface area contributed by atoms with E-state index in [-0.39, 0.29) is 6.04 Å². The molecule has 1 unspecified atom stereocenters. The summed E-state index contributed by atoms with van der Waals surface area (Å²) >= 11 is 0. The normalized spacial score (nSPS) is 21.3. The fraction of sp³-hybridized carbons (Fsp3) is 0.571. The first-order chi connectivity index (χ1) is 9.01. The number of hydrogen-bond donors (Lipinski definition) is 1. The first-order valence-electron chi connectivity index (χ1n) is 6.77. The van der Waals surface area contributed by atoms with Crippen LogP contribution in [0.4, 0.5) is 0 Å². The van der Waals surface area contributed by atoms with Gasteiger partial charge in [0.05, 0.1) is 4.90 Å². The first-order valence-corrected chi connectivity index (χ1v) is 8.21. The van der Waals surface area contributed by atoms with E-state index < -0.39 is 10.0 Å². The third kappa shape index (κ3) is 3.35. The van der Waals surface area contributed by atoms with Gasteiger partial charge < -0.3 is 5.32 Å². The minimum absolute atomic E-state index is 0.0977. The third-order valence-electron chi connectivity index (χ3n) is 3.73. The quantitative estimate of drug-likeness (QED) is 0.919. The predicted octanol–water partition coefficient (Wildman–Crippen LogP) is 1.76. The van der Waals surface area contributed by atoms with Crippen LogP contribution in [0.5, 0.6) is 0 Å². The fourth-order valence-electron chi connectivity index (χ4n) is 2.50. The van der Waals surface area contributed by atoms with Gasteiger partial charge in [-0.05, 0) is 57.0 Å². The standard InChI is InChI=1S/C14H22N2O2S/c1-12-5-3-7-14(11-12)19(17,18)16(2)13-6-4-9-15-10-8-13/h3,5,7,11,13,15H,4,6,8-10H2,1-2H3. The number of sulfonamides is 1. The Morgan fingerprint density at radius 2 is 2.05 bits per heavy atom. The maximum atomic E-state index is 12.6. The molecule has 1 aliphatic heterocycles. The number of nitrogens with one attached hydrogen (secondary N) is 1. The minimum Gasteiger partial charge on any atom is -0.317 e. The Morgan fingerprint density at radius 1 is 1.26 bits per heavy atom. The van der Waals surface area contributed by atoms with Crippen molar-refractivity contribution >= 4 is 10.0 Å². The van der Waals surface area contributed by atoms with Crippen LogP contribution in [0.3, 0.4) is 0 Å². The molecule has 2 rings (SSSR count). The second-order valence-corrected chi connectivity index (χ2v) is 7.17. The number of benzene rings is 1. The summed E-state index contributed by atoms with van der Waals surface area (Å²) in [5.41, 5.74) is 0.969. The van der Waals surface area contributed by atoms with Crippen LogP contribution in [0.2, 0.25) is 0 Å². The summed E-state index contributed by atoms with van der Waals surface area (Å²) in [5.74, 6) is 0. The molecule has 0 amide bonds. The molecule has 1 heterocycles. The summed E-state index contributed by atoms with van der Waals surface area (Å²) in [5, 5.41) is 3.31. The number of hydrogen-bond acceptors (Lipinski definition) is 3. The average molecular weight is 282 g/mol. The lowest BCUT2D eigenvalue weighted by Crippen LogP contribution is -2.37. The van der Waals surface area contributed by atoms with E-state index in [2.05, 4.69) is 5.32 Å². The molecular formula is C14H22N2O2S. The second-order valence-electron chi connectivity index (χ2n) is 5.17. The molecule has 1 fully saturated rings. The Kier molecular flexibility index (Phi) is 4.60. The first kappa shape index (κ1) is 14.5. The lowest BCUT2D eigenvalue weighted by atomic mass is 10.1. The molecule has 0 saturated carbocycles. The Bertz CT molecular complexity index is 520. The van der Waals surface area contributed by atoms with Crippen molar-refractivity contribution in [2.75, 3.05) is 20.1 Å². The van der Waals surface area contributed by atoms with Gasteiger partial charge in [0, 0.05) is 13.1 Å². The van der Waals surface area contributed by atoms with Gasteiger partial charge >= 0.3 is 0 Å². The number of nitrogens with zero attached hydrogens (tertiary/aromatic N) is 1. The van der Waals surface area contributed by atoms with E-state index in [9.17, 15) is 8.42 Å². The van der Waals surface area contributed by atoms with Crippen molar-refractivity contribution in [3.63, 3.8) is 0 Å². The van der Waals surface area contributed by atoms with Crippen LogP contribution in [-0.4, -0.2) is 38.9 Å². The molecule has 0 aliphatic carbocycles. The van der Waals surface area contributed by atoms with Gasteiger partial charge in [-0.3, -0.25) is 0 Å². The summed E-state index contributed by atoms with van der Waals surface area (Å²) in [4.78, 5) is 0.396. The highest BCUT2D eigenvalue weighted by Crippen LogP contribution is 2.21. The molecule has 1 aromatic rings. The van der Waals surface area contributed by atoms with Crippen LogP contribution >= 0.6 is 0 Å². The van der Waals surface area contributed by atoms with Crippen LogP contribution < -0.4 is 5.32 Å². The highest BCUT2D eigenvalue weighted by molar-refractivity contribution is 7.89. The highest BCUT2D eigenvalue weighted by Gasteiger charge is 2.28. The van der Waals surface area contributed by atoms with E-state index in [1.54, 1.807) is 29.6 Å². The summed E-state index contributed by atoms with van der Waals surface area (Å²) in [6.07, 6.45) is 2.83. The third-order valence-corrected chi connectivity index (χ3v) is 5.63. The molecule has 5 heteroatoms. The van der Waals surface area contributed by atoms with E-state index in [0.29, 0.717) is 4.90 Å². The van der Waals surface area contributed by atoms with Gasteiger partial charge in [-0.1, -0.05) is 12.1 Å². The van der Waals surface area contributed by atoms with Gasteiger partial charge in [-0.25, -0.2) is 8.42 Å². The largest absolute Gasteiger partial charge is 0.317 e. The zero-order valence-corrected chi connectivity index (χ0v) is 12.4. The molecule has 0 bridgehead atoms. The van der Waals surface area contributed by atoms with Crippen LogP contribution in [0.15, 0.2) is 29.2 Å². The maximum Gasteiger partial charge on any atom is 0.243 e. The molecule has 106 valence electrons. The van der Waals surface area contributed by atoms with Crippen molar-refractivity contribution in [2.24, 2.45) is 0 Å². The van der Waals surface area contributed by atoms with Crippen molar-refractivity contribution < 1.29 is 8.42 Å². The molecule has 19 heavy (non-hydrogen) atoms. The van der Waals surface area contributed by atoms with Gasteiger partial charge in [0.25, 0.3) is 0 Å². The number of rotatable bonds is 3. The fourth-order valence-corrected chi connectivity index (χ4v) is 4.02. The van der Waals surface area contributed by atoms with Gasteiger partial charge in [0.2, 0.25) is 10.0 Å². The SMILES string of the molecule is Cc1cccc(S(=O)(=O)N(C)C2CCCNCC2)c1. The van der Waals surface area contributed by atoms with Crippen LogP contribution in [0.25, 0.3) is 0 Å². The minimum atomic E-state index is -3.37. The van der Waals surface area contributed by atoms with Gasteiger partial charge in [0.1, 0.15) is 0 Å². The molecular weight excluding hydrogens is 260 g/mol. The smallest absolute Gasteiger partial charge is 0.243 e. The van der Waals surface area contributed by atoms with E-state index in [4.69, 9.17) is 0 Å². The van der Waals surface area contributed by atoms with Gasteiger partial charge in [-0.15, -0.1) is 0 Å². The predicted molar refractivity (Wildman–Crippen MR) is 76.6 cm³/mol. The Hall–Kier alpha value is -0.910. The Balaban J connectivity index is 2.23. The van der Waals surface area contributed by atoms with Crippen LogP contribution in [-0.2, 0) is 10.0 Å². The van der Waals surface area contributed by atoms with Crippen molar-refractivity contribution in [2.45, 2.75) is 37.1 Å². The van der Waals surface area contributed by atoms with E-state index in [0.717, 1.165) is 37.9 Å². The Morgan fingerprint density at radius 3 is 2.79 bits per heavy atom. The van der Waals surface area contributed by atoms with Gasteiger partial charge in [-0.2, -0.15) is 4.31 Å². The average Bonchev–Trinajstić information content (AvgIpc) is 2.66. The topological polar surface area (TPSA) is 49.4 Å². The Labute approximate surface area is 115 Å². The molecule has 1 aliphatic rings. The summed E-state index contributed by atoms with van der Waals surface area (Å²) in [6.45, 7) is 3.78. The van der Waals surface area contributed by atoms with Crippen molar-refractivity contribution in [3.05, 3.63) is 29.8 Å². The van der Waals surface area contributed by atoms with Crippen molar-refractivity contribution in [1.29, 1.82) is 0 Å². The second kappa shape index (κ2) is 6.03. The lowest BCUT2D eigenvalue weighted by Gasteiger charge is -2.26. The van der Waals surface area contributed by atoms with E-state index in [1.165, 1.54) is 0 Å². The van der Waals surface area contributed by atoms with Gasteiger partial charge in [0.15, 0.2) is 0 Å². The maximum absolute atomic E-state index is 12.6. The summed E-state index contributed by atoms with van der Waals surface area (Å²) in [7, 11) is -1.67. The molecule has 0 aromatic heterocycles. The zero-order valence-electron chi connectivity index (χ0n) is 11.6. The van der Waals surface area contributed by atoms with E-state index >= 15 is 0 Å². The monoisotopic (exact) mass is 282 g/mol. The van der Waals surface area contributed by atoms with Crippen LogP contribution in [0, 0.1) is 6.92 Å².